The second-order valence-electron chi connectivity index (χ2n) is 5.45. The fraction of sp³-hybridized carbons (Fsp3) is 0.105. The van der Waals surface area contributed by atoms with Gasteiger partial charge in [-0.2, -0.15) is 0 Å². The maximum absolute atomic E-state index is 12.9. The second kappa shape index (κ2) is 7.10. The van der Waals surface area contributed by atoms with Gasteiger partial charge in [-0.15, -0.1) is 0 Å². The van der Waals surface area contributed by atoms with Gasteiger partial charge in [0.25, 0.3) is 5.91 Å². The second-order valence-corrected chi connectivity index (χ2v) is 5.45. The molecule has 0 saturated carbocycles. The Morgan fingerprint density at radius 3 is 2.50 bits per heavy atom. The number of carboxylic acid groups (broad SMARTS) is 1. The first-order valence-corrected chi connectivity index (χ1v) is 7.71. The SMILES string of the molecule is COc1cccc2cc(C(=O)N(CC(=O)O)c3ccccc3)c(=O)oc12. The number of nitrogens with zero attached hydrogens (tertiary/aromatic N) is 1. The lowest BCUT2D eigenvalue weighted by atomic mass is 10.1. The summed E-state index contributed by atoms with van der Waals surface area (Å²) in [6, 6.07) is 14.6. The summed E-state index contributed by atoms with van der Waals surface area (Å²) in [6.07, 6.45) is 0. The van der Waals surface area contributed by atoms with Crippen molar-refractivity contribution in [1.29, 1.82) is 0 Å². The van der Waals surface area contributed by atoms with E-state index in [1.807, 2.05) is 0 Å². The van der Waals surface area contributed by atoms with Crippen LogP contribution in [0.4, 0.5) is 5.69 Å². The van der Waals surface area contributed by atoms with Gasteiger partial charge in [0.1, 0.15) is 12.1 Å². The van der Waals surface area contributed by atoms with Crippen LogP contribution in [0.1, 0.15) is 10.4 Å². The first-order chi connectivity index (χ1) is 12.5. The fourth-order valence-corrected chi connectivity index (χ4v) is 2.60. The predicted octanol–water partition coefficient (Wildman–Crippen LogP) is 2.53. The van der Waals surface area contributed by atoms with E-state index < -0.39 is 24.0 Å². The summed E-state index contributed by atoms with van der Waals surface area (Å²) >= 11 is 0. The van der Waals surface area contributed by atoms with Crippen LogP contribution in [0.25, 0.3) is 11.0 Å². The Morgan fingerprint density at radius 2 is 1.85 bits per heavy atom. The van der Waals surface area contributed by atoms with Gasteiger partial charge in [0.15, 0.2) is 11.3 Å². The zero-order valence-electron chi connectivity index (χ0n) is 13.8. The van der Waals surface area contributed by atoms with Crippen molar-refractivity contribution >= 4 is 28.5 Å². The van der Waals surface area contributed by atoms with E-state index in [0.717, 1.165) is 4.90 Å². The minimum atomic E-state index is -1.20. The van der Waals surface area contributed by atoms with Crippen molar-refractivity contribution in [3.63, 3.8) is 0 Å². The molecule has 1 heterocycles. The standard InChI is InChI=1S/C19H15NO6/c1-25-15-9-5-6-12-10-14(19(24)26-17(12)15)18(23)20(11-16(21)22)13-7-3-2-4-8-13/h2-10H,11H2,1H3,(H,21,22). The number of hydrogen-bond acceptors (Lipinski definition) is 5. The zero-order valence-corrected chi connectivity index (χ0v) is 13.8. The Labute approximate surface area is 148 Å². The molecule has 0 unspecified atom stereocenters. The molecule has 0 aliphatic heterocycles. The summed E-state index contributed by atoms with van der Waals surface area (Å²) in [7, 11) is 1.44. The zero-order chi connectivity index (χ0) is 18.7. The average Bonchev–Trinajstić information content (AvgIpc) is 2.65. The van der Waals surface area contributed by atoms with E-state index in [9.17, 15) is 14.4 Å². The number of carboxylic acids is 1. The molecular formula is C19H15NO6. The van der Waals surface area contributed by atoms with Gasteiger partial charge in [0.2, 0.25) is 0 Å². The third-order valence-corrected chi connectivity index (χ3v) is 3.78. The Hall–Kier alpha value is -3.61. The number of rotatable bonds is 5. The van der Waals surface area contributed by atoms with Crippen molar-refractivity contribution in [2.75, 3.05) is 18.6 Å². The number of methoxy groups -OCH3 is 1. The van der Waals surface area contributed by atoms with Crippen molar-refractivity contribution in [3.8, 4) is 5.75 Å². The van der Waals surface area contributed by atoms with Gasteiger partial charge in [0.05, 0.1) is 7.11 Å². The van der Waals surface area contributed by atoms with Crippen LogP contribution < -0.4 is 15.3 Å². The molecule has 0 saturated heterocycles. The first kappa shape index (κ1) is 17.2. The molecule has 2 aromatic carbocycles. The van der Waals surface area contributed by atoms with Gasteiger partial charge in [-0.05, 0) is 24.3 Å². The molecule has 7 heteroatoms. The van der Waals surface area contributed by atoms with Gasteiger partial charge in [0, 0.05) is 11.1 Å². The van der Waals surface area contributed by atoms with Crippen LogP contribution in [0, 0.1) is 0 Å². The van der Waals surface area contributed by atoms with Gasteiger partial charge in [-0.1, -0.05) is 30.3 Å². The molecule has 3 aromatic rings. The van der Waals surface area contributed by atoms with Crippen molar-refractivity contribution < 1.29 is 23.8 Å². The monoisotopic (exact) mass is 353 g/mol. The molecule has 0 spiro atoms. The van der Waals surface area contributed by atoms with E-state index in [1.165, 1.54) is 13.2 Å². The fourth-order valence-electron chi connectivity index (χ4n) is 2.60. The minimum absolute atomic E-state index is 0.223. The molecule has 0 aliphatic carbocycles. The number of amides is 1. The topological polar surface area (TPSA) is 97.0 Å². The lowest BCUT2D eigenvalue weighted by Crippen LogP contribution is -2.38. The molecule has 1 aromatic heterocycles. The maximum atomic E-state index is 12.9. The number of anilines is 1. The number of carbonyl (C=O) groups excluding carboxylic acids is 1. The summed E-state index contributed by atoms with van der Waals surface area (Å²) in [6.45, 7) is -0.585. The molecule has 0 bridgehead atoms. The van der Waals surface area contributed by atoms with E-state index in [-0.39, 0.29) is 11.1 Å². The van der Waals surface area contributed by atoms with Gasteiger partial charge in [-0.25, -0.2) is 4.79 Å². The van der Waals surface area contributed by atoms with Gasteiger partial charge < -0.3 is 14.3 Å². The summed E-state index contributed by atoms with van der Waals surface area (Å²) < 4.78 is 10.4. The number of benzene rings is 2. The number of aliphatic carboxylic acids is 1. The van der Waals surface area contributed by atoms with Crippen LogP contribution in [0.15, 0.2) is 63.8 Å². The number of para-hydroxylation sites is 2. The average molecular weight is 353 g/mol. The molecule has 7 nitrogen and oxygen atoms in total. The number of ether oxygens (including phenoxy) is 1. The quantitative estimate of drug-likeness (QED) is 0.708. The highest BCUT2D eigenvalue weighted by Gasteiger charge is 2.24. The van der Waals surface area contributed by atoms with E-state index in [1.54, 1.807) is 48.5 Å². The van der Waals surface area contributed by atoms with Crippen LogP contribution in [-0.2, 0) is 4.79 Å². The normalized spacial score (nSPS) is 10.5. The Morgan fingerprint density at radius 1 is 1.12 bits per heavy atom. The van der Waals surface area contributed by atoms with E-state index >= 15 is 0 Å². The van der Waals surface area contributed by atoms with Gasteiger partial charge in [-0.3, -0.25) is 14.5 Å². The van der Waals surface area contributed by atoms with Crippen molar-refractivity contribution in [3.05, 3.63) is 70.6 Å². The van der Waals surface area contributed by atoms with E-state index in [0.29, 0.717) is 16.8 Å². The number of fused-ring (bicyclic) bond motifs is 1. The molecule has 0 aliphatic rings. The molecule has 0 radical (unpaired) electrons. The Balaban J connectivity index is 2.11. The summed E-state index contributed by atoms with van der Waals surface area (Å²) in [5, 5.41) is 9.63. The lowest BCUT2D eigenvalue weighted by Gasteiger charge is -2.20. The van der Waals surface area contributed by atoms with Crippen LogP contribution in [-0.4, -0.2) is 30.6 Å². The molecule has 3 rings (SSSR count). The minimum Gasteiger partial charge on any atom is -0.493 e. The van der Waals surface area contributed by atoms with E-state index in [2.05, 4.69) is 0 Å². The summed E-state index contributed by atoms with van der Waals surface area (Å²) in [5.41, 5.74) is -0.528. The molecular weight excluding hydrogens is 338 g/mol. The smallest absolute Gasteiger partial charge is 0.349 e. The Bertz CT molecular complexity index is 1030. The van der Waals surface area contributed by atoms with Crippen molar-refractivity contribution in [2.45, 2.75) is 0 Å². The first-order valence-electron chi connectivity index (χ1n) is 7.71. The third-order valence-electron chi connectivity index (χ3n) is 3.78. The molecule has 1 N–H and O–H groups in total. The molecule has 0 atom stereocenters. The van der Waals surface area contributed by atoms with Crippen molar-refractivity contribution in [2.24, 2.45) is 0 Å². The largest absolute Gasteiger partial charge is 0.493 e. The van der Waals surface area contributed by atoms with Gasteiger partial charge >= 0.3 is 11.6 Å². The van der Waals surface area contributed by atoms with E-state index in [4.69, 9.17) is 14.3 Å². The highest BCUT2D eigenvalue weighted by molar-refractivity contribution is 6.09. The van der Waals surface area contributed by atoms with Crippen LogP contribution in [0.3, 0.4) is 0 Å². The van der Waals surface area contributed by atoms with Crippen molar-refractivity contribution in [1.82, 2.24) is 0 Å². The summed E-state index contributed by atoms with van der Waals surface area (Å²) in [4.78, 5) is 37.4. The molecule has 132 valence electrons. The van der Waals surface area contributed by atoms with Crippen LogP contribution in [0.2, 0.25) is 0 Å². The third kappa shape index (κ3) is 3.27. The highest BCUT2D eigenvalue weighted by atomic mass is 16.5. The Kier molecular flexibility index (Phi) is 4.70. The molecule has 1 amide bonds. The summed E-state index contributed by atoms with van der Waals surface area (Å²) in [5.74, 6) is -1.59. The lowest BCUT2D eigenvalue weighted by molar-refractivity contribution is -0.135. The number of carbonyl (C=O) groups is 2. The molecule has 26 heavy (non-hydrogen) atoms. The van der Waals surface area contributed by atoms with Crippen LogP contribution in [0.5, 0.6) is 5.75 Å². The van der Waals surface area contributed by atoms with Crippen LogP contribution >= 0.6 is 0 Å². The molecule has 0 fully saturated rings. The maximum Gasteiger partial charge on any atom is 0.349 e. The highest BCUT2D eigenvalue weighted by Crippen LogP contribution is 2.25. The number of hydrogen-bond donors (Lipinski definition) is 1. The predicted molar refractivity (Wildman–Crippen MR) is 94.8 cm³/mol.